The largest absolute Gasteiger partial charge is 0.462 e. The Labute approximate surface area is 82.0 Å². The number of aryl methyl sites for hydroxylation is 1. The fourth-order valence-corrected chi connectivity index (χ4v) is 1.15. The van der Waals surface area contributed by atoms with Crippen LogP contribution in [0, 0.1) is 6.92 Å². The summed E-state index contributed by atoms with van der Waals surface area (Å²) in [5.74, 6) is -0.394. The van der Waals surface area contributed by atoms with E-state index in [1.165, 1.54) is 4.74 Å². The van der Waals surface area contributed by atoms with Crippen molar-refractivity contribution in [3.8, 4) is 0 Å². The Morgan fingerprint density at radius 2 is 2.29 bits per heavy atom. The minimum atomic E-state index is -0.394. The summed E-state index contributed by atoms with van der Waals surface area (Å²) in [4.78, 5) is 15.4. The van der Waals surface area contributed by atoms with E-state index in [1.54, 1.807) is 27.9 Å². The number of carbonyl (C=O) groups is 1. The van der Waals surface area contributed by atoms with Gasteiger partial charge in [-0.15, -0.1) is 0 Å². The smallest absolute Gasteiger partial charge is 0.345 e. The van der Waals surface area contributed by atoms with Gasteiger partial charge in [0.2, 0.25) is 0 Å². The van der Waals surface area contributed by atoms with Crippen LogP contribution in [0.4, 0.5) is 0 Å². The number of rotatable bonds is 2. The minimum Gasteiger partial charge on any atom is -0.462 e. The lowest BCUT2D eigenvalue weighted by molar-refractivity contribution is 0.0522. The Morgan fingerprint density at radius 3 is 2.79 bits per heavy atom. The Balaban J connectivity index is 3.25. The maximum atomic E-state index is 11.5. The molecule has 78 valence electrons. The molecule has 0 amide bonds. The summed E-state index contributed by atoms with van der Waals surface area (Å²) in [7, 11) is 3.29. The average Bonchev–Trinajstić information content (AvgIpc) is 2.43. The number of ether oxygens (including phenoxy) is 1. The summed E-state index contributed by atoms with van der Waals surface area (Å²) in [6.45, 7) is 3.89. The molecule has 0 aliphatic rings. The first-order valence-electron chi connectivity index (χ1n) is 4.38. The molecule has 0 spiro atoms. The van der Waals surface area contributed by atoms with Crippen LogP contribution in [-0.4, -0.2) is 24.4 Å². The summed E-state index contributed by atoms with van der Waals surface area (Å²) in [6.07, 6.45) is 0. The number of aromatic nitrogens is 1. The van der Waals surface area contributed by atoms with Crippen LogP contribution in [0.25, 0.3) is 0 Å². The number of esters is 1. The van der Waals surface area contributed by atoms with Gasteiger partial charge in [0, 0.05) is 14.1 Å². The Bertz CT molecular complexity index is 401. The maximum absolute atomic E-state index is 11.5. The summed E-state index contributed by atoms with van der Waals surface area (Å²) in [5, 5.41) is 0. The average molecular weight is 198 g/mol. The van der Waals surface area contributed by atoms with Crippen LogP contribution >= 0.6 is 0 Å². The number of nitrogens with zero attached hydrogens (tertiary/aromatic N) is 2. The number of hydrogen-bond donors (Lipinski definition) is 0. The third kappa shape index (κ3) is 1.71. The van der Waals surface area contributed by atoms with Crippen LogP contribution in [0.2, 0.25) is 0 Å². The molecule has 0 N–H and O–H groups in total. The first kappa shape index (κ1) is 10.6. The van der Waals surface area contributed by atoms with Crippen LogP contribution in [0.1, 0.15) is 23.0 Å². The third-order valence-electron chi connectivity index (χ3n) is 1.95. The molecule has 1 heterocycles. The van der Waals surface area contributed by atoms with Gasteiger partial charge in [-0.25, -0.2) is 9.53 Å². The van der Waals surface area contributed by atoms with Gasteiger partial charge in [0.25, 0.3) is 5.55 Å². The first-order chi connectivity index (χ1) is 6.61. The quantitative estimate of drug-likeness (QED) is 0.655. The lowest BCUT2D eigenvalue weighted by Gasteiger charge is -1.98. The molecule has 0 fully saturated rings. The SMILES string of the molecule is CCOC(=O)c1c(C)n(C)oc1=NC. The molecule has 5 nitrogen and oxygen atoms in total. The van der Waals surface area contributed by atoms with E-state index in [-0.39, 0.29) is 0 Å². The van der Waals surface area contributed by atoms with Crippen molar-refractivity contribution in [1.82, 2.24) is 4.74 Å². The highest BCUT2D eigenvalue weighted by Gasteiger charge is 2.18. The Kier molecular flexibility index (Phi) is 3.11. The van der Waals surface area contributed by atoms with Crippen LogP contribution in [-0.2, 0) is 11.8 Å². The monoisotopic (exact) mass is 198 g/mol. The fraction of sp³-hybridized carbons (Fsp3) is 0.556. The van der Waals surface area contributed by atoms with Crippen LogP contribution in [0.5, 0.6) is 0 Å². The predicted octanol–water partition coefficient (Wildman–Crippen LogP) is 0.634. The second-order valence-corrected chi connectivity index (χ2v) is 2.80. The van der Waals surface area contributed by atoms with E-state index in [0.717, 1.165) is 0 Å². The number of hydrogen-bond acceptors (Lipinski definition) is 4. The standard InChI is InChI=1S/C9H14N2O3/c1-5-13-9(12)7-6(2)11(4)14-8(7)10-3/h5H2,1-4H3. The van der Waals surface area contributed by atoms with Gasteiger partial charge in [0.1, 0.15) is 5.56 Å². The second kappa shape index (κ2) is 4.13. The molecule has 1 rings (SSSR count). The van der Waals surface area contributed by atoms with Crippen molar-refractivity contribution in [1.29, 1.82) is 0 Å². The molecule has 14 heavy (non-hydrogen) atoms. The van der Waals surface area contributed by atoms with Gasteiger partial charge in [0.05, 0.1) is 12.3 Å². The van der Waals surface area contributed by atoms with E-state index in [1.807, 2.05) is 0 Å². The molecule has 0 saturated carbocycles. The Hall–Kier alpha value is -1.52. The molecule has 0 unspecified atom stereocenters. The van der Waals surface area contributed by atoms with Crippen molar-refractivity contribution in [3.63, 3.8) is 0 Å². The van der Waals surface area contributed by atoms with Crippen molar-refractivity contribution in [2.45, 2.75) is 13.8 Å². The van der Waals surface area contributed by atoms with Crippen LogP contribution in [0.15, 0.2) is 9.52 Å². The summed E-state index contributed by atoms with van der Waals surface area (Å²) >= 11 is 0. The van der Waals surface area contributed by atoms with Gasteiger partial charge in [-0.2, -0.15) is 0 Å². The van der Waals surface area contributed by atoms with Crippen LogP contribution < -0.4 is 5.55 Å². The Morgan fingerprint density at radius 1 is 1.64 bits per heavy atom. The van der Waals surface area contributed by atoms with E-state index < -0.39 is 5.97 Å². The van der Waals surface area contributed by atoms with Gasteiger partial charge < -0.3 is 9.26 Å². The van der Waals surface area contributed by atoms with Gasteiger partial charge in [0.15, 0.2) is 0 Å². The van der Waals surface area contributed by atoms with E-state index in [2.05, 4.69) is 4.99 Å². The minimum absolute atomic E-state index is 0.309. The summed E-state index contributed by atoms with van der Waals surface area (Å²) < 4.78 is 11.6. The molecule has 1 aromatic rings. The zero-order chi connectivity index (χ0) is 10.7. The maximum Gasteiger partial charge on any atom is 0.345 e. The van der Waals surface area contributed by atoms with E-state index in [4.69, 9.17) is 9.26 Å². The van der Waals surface area contributed by atoms with Gasteiger partial charge in [-0.3, -0.25) is 4.99 Å². The van der Waals surface area contributed by atoms with E-state index >= 15 is 0 Å². The predicted molar refractivity (Wildman–Crippen MR) is 49.9 cm³/mol. The molecule has 0 radical (unpaired) electrons. The lowest BCUT2D eigenvalue weighted by Crippen LogP contribution is -2.15. The lowest BCUT2D eigenvalue weighted by atomic mass is 10.2. The van der Waals surface area contributed by atoms with E-state index in [0.29, 0.717) is 23.4 Å². The molecular formula is C9H14N2O3. The van der Waals surface area contributed by atoms with Crippen molar-refractivity contribution < 1.29 is 14.1 Å². The highest BCUT2D eigenvalue weighted by Crippen LogP contribution is 2.04. The third-order valence-corrected chi connectivity index (χ3v) is 1.95. The summed E-state index contributed by atoms with van der Waals surface area (Å²) in [6, 6.07) is 0. The topological polar surface area (TPSA) is 56.7 Å². The van der Waals surface area contributed by atoms with Gasteiger partial charge in [-0.05, 0) is 13.8 Å². The highest BCUT2D eigenvalue weighted by molar-refractivity contribution is 5.89. The molecule has 0 atom stereocenters. The molecule has 0 aromatic carbocycles. The van der Waals surface area contributed by atoms with Crippen molar-refractivity contribution in [2.75, 3.05) is 13.7 Å². The molecule has 0 saturated heterocycles. The number of carbonyl (C=O) groups excluding carboxylic acids is 1. The van der Waals surface area contributed by atoms with Crippen molar-refractivity contribution >= 4 is 5.97 Å². The zero-order valence-electron chi connectivity index (χ0n) is 8.83. The first-order valence-corrected chi connectivity index (χ1v) is 4.38. The van der Waals surface area contributed by atoms with Crippen LogP contribution in [0.3, 0.4) is 0 Å². The second-order valence-electron chi connectivity index (χ2n) is 2.80. The molecule has 1 aromatic heterocycles. The van der Waals surface area contributed by atoms with Crippen molar-refractivity contribution in [3.05, 3.63) is 16.8 Å². The molecule has 5 heteroatoms. The molecule has 0 bridgehead atoms. The fourth-order valence-electron chi connectivity index (χ4n) is 1.15. The van der Waals surface area contributed by atoms with Gasteiger partial charge in [-0.1, -0.05) is 0 Å². The van der Waals surface area contributed by atoms with Gasteiger partial charge >= 0.3 is 5.97 Å². The molecule has 0 aliphatic heterocycles. The zero-order valence-corrected chi connectivity index (χ0v) is 8.83. The molecule has 0 aliphatic carbocycles. The normalized spacial score (nSPS) is 11.9. The van der Waals surface area contributed by atoms with Crippen molar-refractivity contribution in [2.24, 2.45) is 12.0 Å². The summed E-state index contributed by atoms with van der Waals surface area (Å²) in [5.41, 5.74) is 1.42. The van der Waals surface area contributed by atoms with E-state index in [9.17, 15) is 4.79 Å². The molecular weight excluding hydrogens is 184 g/mol. The highest BCUT2D eigenvalue weighted by atomic mass is 16.5.